The summed E-state index contributed by atoms with van der Waals surface area (Å²) in [7, 11) is 0. The maximum absolute atomic E-state index is 6.44. The maximum atomic E-state index is 6.44. The molecule has 0 spiro atoms. The summed E-state index contributed by atoms with van der Waals surface area (Å²) < 4.78 is 0. The number of hydrogen-bond acceptors (Lipinski definition) is 6. The highest BCUT2D eigenvalue weighted by Crippen LogP contribution is 2.28. The van der Waals surface area contributed by atoms with Crippen molar-refractivity contribution >= 4 is 22.1 Å². The fourth-order valence-corrected chi connectivity index (χ4v) is 5.12. The van der Waals surface area contributed by atoms with Gasteiger partial charge in [-0.15, -0.1) is 0 Å². The summed E-state index contributed by atoms with van der Waals surface area (Å²) in [6, 6.07) is 13.7. The second kappa shape index (κ2) is 9.76. The van der Waals surface area contributed by atoms with Crippen molar-refractivity contribution in [2.24, 2.45) is 5.73 Å². The van der Waals surface area contributed by atoms with E-state index in [9.17, 15) is 0 Å². The Morgan fingerprint density at radius 2 is 1.69 bits per heavy atom. The van der Waals surface area contributed by atoms with Crippen LogP contribution in [0.15, 0.2) is 36.4 Å². The van der Waals surface area contributed by atoms with Gasteiger partial charge in [0.05, 0.1) is 0 Å². The van der Waals surface area contributed by atoms with Gasteiger partial charge in [0.15, 0.2) is 0 Å². The zero-order valence-corrected chi connectivity index (χ0v) is 17.4. The molecule has 0 bridgehead atoms. The molecule has 2 fully saturated rings. The van der Waals surface area contributed by atoms with E-state index in [1.165, 1.54) is 44.2 Å². The lowest BCUT2D eigenvalue weighted by molar-refractivity contribution is 0.0623. The number of rotatable bonds is 8. The standard InChI is InChI=1S/C23H36N6/c24-18-7-1-5-17-6-2-9-20(22(17)18)27-13-11-26-12-14-28-21-10-4-16-29-15-3-8-19(25)23(21)29/h1-2,5-7,9,19,21,23,26-28H,3-4,8,10-16,24-25H2. The third-order valence-corrected chi connectivity index (χ3v) is 6.48. The molecule has 3 atom stereocenters. The molecule has 7 N–H and O–H groups in total. The van der Waals surface area contributed by atoms with Crippen molar-refractivity contribution in [1.29, 1.82) is 0 Å². The zero-order valence-electron chi connectivity index (χ0n) is 17.4. The van der Waals surface area contributed by atoms with E-state index in [0.717, 1.165) is 42.9 Å². The molecule has 6 nitrogen and oxygen atoms in total. The normalized spacial score (nSPS) is 25.1. The van der Waals surface area contributed by atoms with E-state index in [1.54, 1.807) is 0 Å². The molecule has 6 heteroatoms. The molecule has 2 heterocycles. The van der Waals surface area contributed by atoms with Crippen LogP contribution in [0.3, 0.4) is 0 Å². The fourth-order valence-electron chi connectivity index (χ4n) is 5.12. The molecule has 2 aromatic carbocycles. The Bertz CT molecular complexity index is 787. The van der Waals surface area contributed by atoms with E-state index >= 15 is 0 Å². The summed E-state index contributed by atoms with van der Waals surface area (Å²) in [5.41, 5.74) is 14.5. The van der Waals surface area contributed by atoms with E-state index in [1.807, 2.05) is 12.1 Å². The van der Waals surface area contributed by atoms with Crippen molar-refractivity contribution in [1.82, 2.24) is 15.5 Å². The van der Waals surface area contributed by atoms with Gasteiger partial charge in [-0.25, -0.2) is 0 Å². The van der Waals surface area contributed by atoms with Crippen molar-refractivity contribution in [3.63, 3.8) is 0 Å². The van der Waals surface area contributed by atoms with E-state index in [-0.39, 0.29) is 0 Å². The summed E-state index contributed by atoms with van der Waals surface area (Å²) in [6.45, 7) is 6.20. The number of nitrogens with zero attached hydrogens (tertiary/aromatic N) is 1. The minimum Gasteiger partial charge on any atom is -0.398 e. The van der Waals surface area contributed by atoms with Crippen molar-refractivity contribution in [2.45, 2.75) is 43.8 Å². The van der Waals surface area contributed by atoms with Gasteiger partial charge in [0.25, 0.3) is 0 Å². The molecule has 2 aliphatic rings. The van der Waals surface area contributed by atoms with E-state index in [4.69, 9.17) is 11.5 Å². The first kappa shape index (κ1) is 20.4. The summed E-state index contributed by atoms with van der Waals surface area (Å²) in [5.74, 6) is 0. The Morgan fingerprint density at radius 3 is 2.55 bits per heavy atom. The number of hydrogen-bond donors (Lipinski definition) is 5. The first-order valence-electron chi connectivity index (χ1n) is 11.2. The largest absolute Gasteiger partial charge is 0.398 e. The van der Waals surface area contributed by atoms with Gasteiger partial charge in [-0.05, 0) is 56.3 Å². The lowest BCUT2D eigenvalue weighted by atomic mass is 9.85. The second-order valence-corrected chi connectivity index (χ2v) is 8.46. The monoisotopic (exact) mass is 396 g/mol. The molecule has 0 saturated carbocycles. The SMILES string of the molecule is Nc1cccc2cccc(NCCNCCNC3CCCN4CCCC(N)C34)c12. The number of anilines is 2. The molecule has 158 valence electrons. The minimum atomic E-state index is 0.326. The summed E-state index contributed by atoms with van der Waals surface area (Å²) >= 11 is 0. The van der Waals surface area contributed by atoms with Crippen molar-refractivity contribution < 1.29 is 0 Å². The van der Waals surface area contributed by atoms with Crippen LogP contribution in [0.1, 0.15) is 25.7 Å². The molecule has 2 aliphatic heterocycles. The van der Waals surface area contributed by atoms with Crippen LogP contribution in [0.4, 0.5) is 11.4 Å². The fraction of sp³-hybridized carbons (Fsp3) is 0.565. The molecule has 2 saturated heterocycles. The topological polar surface area (TPSA) is 91.4 Å². The summed E-state index contributed by atoms with van der Waals surface area (Å²) in [5, 5.41) is 13.1. The van der Waals surface area contributed by atoms with Crippen LogP contribution in [0.2, 0.25) is 0 Å². The van der Waals surface area contributed by atoms with Crippen LogP contribution >= 0.6 is 0 Å². The lowest BCUT2D eigenvalue weighted by Crippen LogP contribution is -2.64. The molecule has 0 amide bonds. The van der Waals surface area contributed by atoms with E-state index in [2.05, 4.69) is 45.1 Å². The Labute approximate surface area is 174 Å². The van der Waals surface area contributed by atoms with E-state index < -0.39 is 0 Å². The summed E-state index contributed by atoms with van der Waals surface area (Å²) in [4.78, 5) is 2.61. The second-order valence-electron chi connectivity index (χ2n) is 8.46. The highest BCUT2D eigenvalue weighted by atomic mass is 15.2. The van der Waals surface area contributed by atoms with Crippen LogP contribution in [0, 0.1) is 0 Å². The molecule has 0 radical (unpaired) electrons. The van der Waals surface area contributed by atoms with Crippen molar-refractivity contribution in [2.75, 3.05) is 50.3 Å². The molecule has 3 unspecified atom stereocenters. The molecular weight excluding hydrogens is 360 g/mol. The lowest BCUT2D eigenvalue weighted by Gasteiger charge is -2.47. The number of benzene rings is 2. The summed E-state index contributed by atoms with van der Waals surface area (Å²) in [6.07, 6.45) is 4.95. The first-order chi connectivity index (χ1) is 14.2. The minimum absolute atomic E-state index is 0.326. The molecule has 29 heavy (non-hydrogen) atoms. The first-order valence-corrected chi connectivity index (χ1v) is 11.2. The van der Waals surface area contributed by atoms with E-state index in [0.29, 0.717) is 18.1 Å². The molecule has 2 aromatic rings. The molecule has 0 aromatic heterocycles. The zero-order chi connectivity index (χ0) is 20.1. The number of fused-ring (bicyclic) bond motifs is 2. The smallest absolute Gasteiger partial charge is 0.0441 e. The predicted octanol–water partition coefficient (Wildman–Crippen LogP) is 1.97. The third-order valence-electron chi connectivity index (χ3n) is 6.48. The van der Waals surface area contributed by atoms with Gasteiger partial charge in [-0.3, -0.25) is 4.90 Å². The average Bonchev–Trinajstić information content (AvgIpc) is 2.73. The van der Waals surface area contributed by atoms with Gasteiger partial charge in [-0.1, -0.05) is 24.3 Å². The number of nitrogens with one attached hydrogen (secondary N) is 3. The van der Waals surface area contributed by atoms with Crippen molar-refractivity contribution in [3.05, 3.63) is 36.4 Å². The van der Waals surface area contributed by atoms with Gasteiger partial charge in [-0.2, -0.15) is 0 Å². The molecule has 0 aliphatic carbocycles. The van der Waals surface area contributed by atoms with Crippen LogP contribution in [-0.4, -0.2) is 62.3 Å². The van der Waals surface area contributed by atoms with Gasteiger partial charge in [0, 0.05) is 61.1 Å². The van der Waals surface area contributed by atoms with Gasteiger partial charge < -0.3 is 27.4 Å². The molecular formula is C23H36N6. The average molecular weight is 397 g/mol. The Hall–Kier alpha value is -1.86. The van der Waals surface area contributed by atoms with Gasteiger partial charge >= 0.3 is 0 Å². The van der Waals surface area contributed by atoms with Gasteiger partial charge in [0.2, 0.25) is 0 Å². The Balaban J connectivity index is 1.17. The Kier molecular flexibility index (Phi) is 6.87. The van der Waals surface area contributed by atoms with Crippen molar-refractivity contribution in [3.8, 4) is 0 Å². The maximum Gasteiger partial charge on any atom is 0.0441 e. The number of nitrogens with two attached hydrogens (primary N) is 2. The quantitative estimate of drug-likeness (QED) is 0.346. The Morgan fingerprint density at radius 1 is 0.931 bits per heavy atom. The highest BCUT2D eigenvalue weighted by Gasteiger charge is 2.37. The molecule has 4 rings (SSSR count). The van der Waals surface area contributed by atoms with Crippen LogP contribution in [0.5, 0.6) is 0 Å². The highest BCUT2D eigenvalue weighted by molar-refractivity contribution is 6.02. The van der Waals surface area contributed by atoms with Crippen LogP contribution in [-0.2, 0) is 0 Å². The van der Waals surface area contributed by atoms with Crippen LogP contribution in [0.25, 0.3) is 10.8 Å². The number of piperidine rings is 2. The number of nitrogen functional groups attached to an aromatic ring is 1. The van der Waals surface area contributed by atoms with Gasteiger partial charge in [0.1, 0.15) is 0 Å². The predicted molar refractivity (Wildman–Crippen MR) is 123 cm³/mol. The third kappa shape index (κ3) is 4.83. The van der Waals surface area contributed by atoms with Crippen LogP contribution < -0.4 is 27.4 Å².